The molecule has 0 radical (unpaired) electrons. The molecule has 2 rings (SSSR count). The number of halogens is 3. The molecule has 0 fully saturated rings. The lowest BCUT2D eigenvalue weighted by atomic mass is 9.95. The standard InChI is InChI=1S/C14H14F3N3/c1-8-5-6-20-13(19)11(8)12(18)9-3-2-4-10(7-9)14(15,16)17/h2-7,12H,18H2,1H3,(H2,19,20). The summed E-state index contributed by atoms with van der Waals surface area (Å²) >= 11 is 0. The van der Waals surface area contributed by atoms with Crippen molar-refractivity contribution in [2.75, 3.05) is 5.73 Å². The van der Waals surface area contributed by atoms with E-state index in [-0.39, 0.29) is 5.82 Å². The summed E-state index contributed by atoms with van der Waals surface area (Å²) in [5.41, 5.74) is 12.8. The molecule has 1 atom stereocenters. The topological polar surface area (TPSA) is 64.9 Å². The first-order valence-electron chi connectivity index (χ1n) is 5.94. The second-order valence-electron chi connectivity index (χ2n) is 4.53. The number of nitrogens with two attached hydrogens (primary N) is 2. The number of alkyl halides is 3. The van der Waals surface area contributed by atoms with Gasteiger partial charge in [0.25, 0.3) is 0 Å². The normalized spacial score (nSPS) is 13.2. The Morgan fingerprint density at radius 1 is 1.20 bits per heavy atom. The van der Waals surface area contributed by atoms with Crippen molar-refractivity contribution in [3.63, 3.8) is 0 Å². The van der Waals surface area contributed by atoms with E-state index in [4.69, 9.17) is 11.5 Å². The lowest BCUT2D eigenvalue weighted by Gasteiger charge is -2.18. The maximum atomic E-state index is 12.7. The molecule has 1 heterocycles. The third-order valence-electron chi connectivity index (χ3n) is 3.12. The molecule has 0 spiro atoms. The first-order chi connectivity index (χ1) is 9.30. The molecule has 0 saturated heterocycles. The van der Waals surface area contributed by atoms with Crippen LogP contribution in [0.1, 0.15) is 28.3 Å². The molecule has 0 saturated carbocycles. The summed E-state index contributed by atoms with van der Waals surface area (Å²) in [4.78, 5) is 3.93. The van der Waals surface area contributed by atoms with Gasteiger partial charge in [0.05, 0.1) is 11.6 Å². The van der Waals surface area contributed by atoms with Gasteiger partial charge in [0.15, 0.2) is 0 Å². The summed E-state index contributed by atoms with van der Waals surface area (Å²) in [5, 5.41) is 0. The number of pyridine rings is 1. The van der Waals surface area contributed by atoms with Crippen LogP contribution in [0, 0.1) is 6.92 Å². The van der Waals surface area contributed by atoms with Crippen LogP contribution in [-0.4, -0.2) is 4.98 Å². The Hall–Kier alpha value is -2.08. The van der Waals surface area contributed by atoms with Gasteiger partial charge in [-0.1, -0.05) is 12.1 Å². The van der Waals surface area contributed by atoms with E-state index in [0.717, 1.165) is 17.7 Å². The number of anilines is 1. The van der Waals surface area contributed by atoms with Crippen molar-refractivity contribution in [2.24, 2.45) is 5.73 Å². The molecule has 0 aliphatic carbocycles. The predicted molar refractivity (Wildman–Crippen MR) is 70.9 cm³/mol. The highest BCUT2D eigenvalue weighted by Gasteiger charge is 2.31. The van der Waals surface area contributed by atoms with E-state index in [9.17, 15) is 13.2 Å². The fourth-order valence-electron chi connectivity index (χ4n) is 2.07. The van der Waals surface area contributed by atoms with Crippen LogP contribution in [0.3, 0.4) is 0 Å². The largest absolute Gasteiger partial charge is 0.416 e. The summed E-state index contributed by atoms with van der Waals surface area (Å²) in [5.74, 6) is 0.231. The van der Waals surface area contributed by atoms with Crippen LogP contribution in [0.2, 0.25) is 0 Å². The van der Waals surface area contributed by atoms with Gasteiger partial charge in [-0.25, -0.2) is 4.98 Å². The number of nitrogen functional groups attached to an aromatic ring is 1. The van der Waals surface area contributed by atoms with Crippen molar-refractivity contribution >= 4 is 5.82 Å². The zero-order chi connectivity index (χ0) is 14.9. The number of benzene rings is 1. The third-order valence-corrected chi connectivity index (χ3v) is 3.12. The molecule has 6 heteroatoms. The predicted octanol–water partition coefficient (Wildman–Crippen LogP) is 3.04. The summed E-state index contributed by atoms with van der Waals surface area (Å²) in [7, 11) is 0. The highest BCUT2D eigenvalue weighted by Crippen LogP contribution is 2.32. The van der Waals surface area contributed by atoms with Crippen molar-refractivity contribution in [3.8, 4) is 0 Å². The number of hydrogen-bond donors (Lipinski definition) is 2. The van der Waals surface area contributed by atoms with Crippen LogP contribution in [-0.2, 0) is 6.18 Å². The molecule has 20 heavy (non-hydrogen) atoms. The fourth-order valence-corrected chi connectivity index (χ4v) is 2.07. The van der Waals surface area contributed by atoms with Gasteiger partial charge in [0.2, 0.25) is 0 Å². The number of aromatic nitrogens is 1. The minimum absolute atomic E-state index is 0.231. The first-order valence-corrected chi connectivity index (χ1v) is 5.94. The average Bonchev–Trinajstić information content (AvgIpc) is 2.37. The van der Waals surface area contributed by atoms with Gasteiger partial charge >= 0.3 is 6.18 Å². The van der Waals surface area contributed by atoms with Gasteiger partial charge in [0.1, 0.15) is 5.82 Å². The summed E-state index contributed by atoms with van der Waals surface area (Å²) in [6, 6.07) is 5.91. The molecule has 3 nitrogen and oxygen atoms in total. The van der Waals surface area contributed by atoms with E-state index in [1.165, 1.54) is 12.3 Å². The van der Waals surface area contributed by atoms with Crippen molar-refractivity contribution in [1.29, 1.82) is 0 Å². The van der Waals surface area contributed by atoms with E-state index in [2.05, 4.69) is 4.98 Å². The molecule has 2 aromatic rings. The molecule has 0 aliphatic rings. The van der Waals surface area contributed by atoms with Crippen molar-refractivity contribution in [3.05, 3.63) is 58.8 Å². The molecule has 0 aliphatic heterocycles. The Morgan fingerprint density at radius 2 is 1.90 bits per heavy atom. The van der Waals surface area contributed by atoms with Gasteiger partial charge in [-0.2, -0.15) is 13.2 Å². The van der Waals surface area contributed by atoms with E-state index >= 15 is 0 Å². The zero-order valence-corrected chi connectivity index (χ0v) is 10.8. The van der Waals surface area contributed by atoms with Gasteiger partial charge in [-0.3, -0.25) is 0 Å². The lowest BCUT2D eigenvalue weighted by Crippen LogP contribution is -2.17. The minimum atomic E-state index is -4.40. The van der Waals surface area contributed by atoms with E-state index in [0.29, 0.717) is 11.1 Å². The molecule has 0 amide bonds. The van der Waals surface area contributed by atoms with Gasteiger partial charge in [0, 0.05) is 11.8 Å². The quantitative estimate of drug-likeness (QED) is 0.889. The molecule has 4 N–H and O–H groups in total. The summed E-state index contributed by atoms with van der Waals surface area (Å²) in [6.07, 6.45) is -2.86. The molecule has 1 aromatic carbocycles. The number of nitrogens with zero attached hydrogens (tertiary/aromatic N) is 1. The van der Waals surface area contributed by atoms with Crippen molar-refractivity contribution in [2.45, 2.75) is 19.1 Å². The van der Waals surface area contributed by atoms with Gasteiger partial charge < -0.3 is 11.5 Å². The van der Waals surface area contributed by atoms with Crippen LogP contribution in [0.25, 0.3) is 0 Å². The Bertz CT molecular complexity index is 603. The summed E-state index contributed by atoms with van der Waals surface area (Å²) in [6.45, 7) is 1.79. The first kappa shape index (κ1) is 14.3. The smallest absolute Gasteiger partial charge is 0.383 e. The monoisotopic (exact) mass is 281 g/mol. The summed E-state index contributed by atoms with van der Waals surface area (Å²) < 4.78 is 38.1. The average molecular weight is 281 g/mol. The van der Waals surface area contributed by atoms with Crippen LogP contribution >= 0.6 is 0 Å². The van der Waals surface area contributed by atoms with Crippen molar-refractivity contribution in [1.82, 2.24) is 4.98 Å². The van der Waals surface area contributed by atoms with Crippen LogP contribution in [0.5, 0.6) is 0 Å². The van der Waals surface area contributed by atoms with Crippen LogP contribution in [0.4, 0.5) is 19.0 Å². The second kappa shape index (κ2) is 5.13. The maximum absolute atomic E-state index is 12.7. The highest BCUT2D eigenvalue weighted by atomic mass is 19.4. The van der Waals surface area contributed by atoms with Gasteiger partial charge in [-0.05, 0) is 36.2 Å². The van der Waals surface area contributed by atoms with E-state index < -0.39 is 17.8 Å². The number of rotatable bonds is 2. The van der Waals surface area contributed by atoms with Crippen LogP contribution < -0.4 is 11.5 Å². The van der Waals surface area contributed by atoms with E-state index in [1.54, 1.807) is 19.1 Å². The molecule has 1 aromatic heterocycles. The molecule has 106 valence electrons. The highest BCUT2D eigenvalue weighted by molar-refractivity contribution is 5.50. The second-order valence-corrected chi connectivity index (χ2v) is 4.53. The SMILES string of the molecule is Cc1ccnc(N)c1C(N)c1cccc(C(F)(F)F)c1. The van der Waals surface area contributed by atoms with E-state index in [1.807, 2.05) is 0 Å². The Balaban J connectivity index is 2.46. The lowest BCUT2D eigenvalue weighted by molar-refractivity contribution is -0.137. The maximum Gasteiger partial charge on any atom is 0.416 e. The third kappa shape index (κ3) is 2.75. The minimum Gasteiger partial charge on any atom is -0.383 e. The Labute approximate surface area is 114 Å². The molecular formula is C14H14F3N3. The molecule has 0 bridgehead atoms. The van der Waals surface area contributed by atoms with Crippen LogP contribution in [0.15, 0.2) is 36.5 Å². The number of hydrogen-bond acceptors (Lipinski definition) is 3. The molecule has 1 unspecified atom stereocenters. The van der Waals surface area contributed by atoms with Gasteiger partial charge in [-0.15, -0.1) is 0 Å². The fraction of sp³-hybridized carbons (Fsp3) is 0.214. The van der Waals surface area contributed by atoms with Crippen molar-refractivity contribution < 1.29 is 13.2 Å². The number of aryl methyl sites for hydroxylation is 1. The Morgan fingerprint density at radius 3 is 2.50 bits per heavy atom. The Kier molecular flexibility index (Phi) is 3.67. The zero-order valence-electron chi connectivity index (χ0n) is 10.8. The molecular weight excluding hydrogens is 267 g/mol.